The first-order chi connectivity index (χ1) is 11.2. The van der Waals surface area contributed by atoms with Gasteiger partial charge in [-0.1, -0.05) is 54.6 Å². The molecule has 0 amide bonds. The lowest BCUT2D eigenvalue weighted by molar-refractivity contribution is -0.477. The average molecular weight is 329 g/mol. The highest BCUT2D eigenvalue weighted by atomic mass is 32.2. The number of nitrogens with zero attached hydrogens (tertiary/aromatic N) is 1. The molecule has 120 valence electrons. The number of hydrogen-bond donors (Lipinski definition) is 0. The second-order valence-electron chi connectivity index (χ2n) is 4.98. The lowest BCUT2D eigenvalue weighted by Gasteiger charge is -2.09. The molecule has 0 aliphatic rings. The van der Waals surface area contributed by atoms with Crippen LogP contribution in [0.4, 0.5) is 0 Å². The van der Waals surface area contributed by atoms with E-state index in [0.29, 0.717) is 0 Å². The van der Waals surface area contributed by atoms with Gasteiger partial charge in [-0.25, -0.2) is 0 Å². The normalized spacial score (nSPS) is 12.2. The molecule has 0 bridgehead atoms. The molecule has 0 aliphatic heterocycles. The highest BCUT2D eigenvalue weighted by molar-refractivity contribution is 7.99. The van der Waals surface area contributed by atoms with Crippen molar-refractivity contribution < 1.29 is 9.66 Å². The molecule has 0 aliphatic carbocycles. The number of ether oxygens (including phenoxy) is 1. The standard InChI is InChI=1S/C18H19NO3S/c1-22-17-10-7-16(8-11-17)14-23-18(13-19(20)21)12-9-15-5-3-2-4-6-15/h2-12,18H,13-14H2,1H3/b12-9+/t18-/m0/s1. The van der Waals surface area contributed by atoms with E-state index in [0.717, 1.165) is 22.6 Å². The smallest absolute Gasteiger partial charge is 0.219 e. The Morgan fingerprint density at radius 2 is 1.87 bits per heavy atom. The Balaban J connectivity index is 1.97. The van der Waals surface area contributed by atoms with Crippen molar-refractivity contribution in [3.05, 3.63) is 81.9 Å². The maximum atomic E-state index is 10.9. The molecule has 4 nitrogen and oxygen atoms in total. The summed E-state index contributed by atoms with van der Waals surface area (Å²) in [4.78, 5) is 10.6. The quantitative estimate of drug-likeness (QED) is 0.535. The SMILES string of the molecule is COc1ccc(CS[C@@H](/C=C/c2ccccc2)C[N+](=O)[O-])cc1. The molecule has 2 aromatic rings. The molecule has 23 heavy (non-hydrogen) atoms. The van der Waals surface area contributed by atoms with Gasteiger partial charge in [0.05, 0.1) is 12.4 Å². The van der Waals surface area contributed by atoms with Gasteiger partial charge in [0.15, 0.2) is 0 Å². The van der Waals surface area contributed by atoms with Gasteiger partial charge in [0.2, 0.25) is 6.54 Å². The Kier molecular flexibility index (Phi) is 6.69. The fourth-order valence-corrected chi connectivity index (χ4v) is 3.04. The van der Waals surface area contributed by atoms with Gasteiger partial charge in [0, 0.05) is 10.7 Å². The van der Waals surface area contributed by atoms with E-state index in [1.165, 1.54) is 0 Å². The van der Waals surface area contributed by atoms with Crippen LogP contribution in [0.1, 0.15) is 11.1 Å². The van der Waals surface area contributed by atoms with E-state index in [1.807, 2.05) is 66.7 Å². The van der Waals surface area contributed by atoms with Crippen LogP contribution < -0.4 is 4.74 Å². The van der Waals surface area contributed by atoms with Crippen molar-refractivity contribution in [1.82, 2.24) is 0 Å². The minimum Gasteiger partial charge on any atom is -0.497 e. The molecule has 5 heteroatoms. The summed E-state index contributed by atoms with van der Waals surface area (Å²) in [6.45, 7) is -0.0792. The highest BCUT2D eigenvalue weighted by Crippen LogP contribution is 2.22. The van der Waals surface area contributed by atoms with Gasteiger partial charge < -0.3 is 4.74 Å². The molecule has 0 N–H and O–H groups in total. The Morgan fingerprint density at radius 3 is 2.48 bits per heavy atom. The number of thioether (sulfide) groups is 1. The summed E-state index contributed by atoms with van der Waals surface area (Å²) in [5.41, 5.74) is 2.17. The predicted octanol–water partition coefficient (Wildman–Crippen LogP) is 4.29. The lowest BCUT2D eigenvalue weighted by Crippen LogP contribution is -2.14. The fourth-order valence-electron chi connectivity index (χ4n) is 2.02. The van der Waals surface area contributed by atoms with Crippen molar-refractivity contribution in [3.8, 4) is 5.75 Å². The minimum atomic E-state index is -0.263. The van der Waals surface area contributed by atoms with E-state index in [1.54, 1.807) is 18.9 Å². The van der Waals surface area contributed by atoms with Crippen molar-refractivity contribution in [2.45, 2.75) is 11.0 Å². The van der Waals surface area contributed by atoms with Gasteiger partial charge in [-0.2, -0.15) is 0 Å². The van der Waals surface area contributed by atoms with Crippen molar-refractivity contribution in [2.75, 3.05) is 13.7 Å². The summed E-state index contributed by atoms with van der Waals surface area (Å²) < 4.78 is 5.13. The molecule has 2 rings (SSSR count). The summed E-state index contributed by atoms with van der Waals surface area (Å²) in [5, 5.41) is 10.7. The van der Waals surface area contributed by atoms with Gasteiger partial charge in [-0.15, -0.1) is 11.8 Å². The molecule has 0 saturated carbocycles. The van der Waals surface area contributed by atoms with Crippen LogP contribution in [0.2, 0.25) is 0 Å². The average Bonchev–Trinajstić information content (AvgIpc) is 2.58. The number of rotatable bonds is 8. The zero-order chi connectivity index (χ0) is 16.5. The molecular weight excluding hydrogens is 310 g/mol. The summed E-state index contributed by atoms with van der Waals surface area (Å²) in [5.74, 6) is 1.53. The van der Waals surface area contributed by atoms with Crippen LogP contribution in [0, 0.1) is 10.1 Å². The first-order valence-electron chi connectivity index (χ1n) is 7.27. The van der Waals surface area contributed by atoms with E-state index in [9.17, 15) is 10.1 Å². The minimum absolute atomic E-state index is 0.0792. The Bertz CT molecular complexity index is 641. The molecule has 0 unspecified atom stereocenters. The molecular formula is C18H19NO3S. The zero-order valence-corrected chi connectivity index (χ0v) is 13.7. The molecule has 0 aromatic heterocycles. The van der Waals surface area contributed by atoms with Crippen LogP contribution >= 0.6 is 11.8 Å². The summed E-state index contributed by atoms with van der Waals surface area (Å²) in [6.07, 6.45) is 3.85. The number of hydrogen-bond acceptors (Lipinski definition) is 4. The maximum absolute atomic E-state index is 10.9. The lowest BCUT2D eigenvalue weighted by atomic mass is 10.2. The monoisotopic (exact) mass is 329 g/mol. The summed E-state index contributed by atoms with van der Waals surface area (Å²) in [6, 6.07) is 17.6. The largest absolute Gasteiger partial charge is 0.497 e. The second kappa shape index (κ2) is 9.00. The summed E-state index contributed by atoms with van der Waals surface area (Å²) in [7, 11) is 1.63. The van der Waals surface area contributed by atoms with Gasteiger partial charge in [-0.3, -0.25) is 10.1 Å². The molecule has 0 saturated heterocycles. The van der Waals surface area contributed by atoms with Gasteiger partial charge in [0.25, 0.3) is 0 Å². The van der Waals surface area contributed by atoms with E-state index in [-0.39, 0.29) is 16.7 Å². The van der Waals surface area contributed by atoms with Crippen LogP contribution in [0.25, 0.3) is 6.08 Å². The second-order valence-corrected chi connectivity index (χ2v) is 6.21. The molecule has 0 radical (unpaired) electrons. The van der Waals surface area contributed by atoms with Gasteiger partial charge in [0.1, 0.15) is 5.75 Å². The van der Waals surface area contributed by atoms with Gasteiger partial charge >= 0.3 is 0 Å². The van der Waals surface area contributed by atoms with Crippen LogP contribution in [-0.4, -0.2) is 23.8 Å². The first-order valence-corrected chi connectivity index (χ1v) is 8.32. The highest BCUT2D eigenvalue weighted by Gasteiger charge is 2.12. The van der Waals surface area contributed by atoms with E-state index < -0.39 is 0 Å². The maximum Gasteiger partial charge on any atom is 0.219 e. The van der Waals surface area contributed by atoms with Crippen LogP contribution in [0.15, 0.2) is 60.7 Å². The van der Waals surface area contributed by atoms with Crippen LogP contribution in [-0.2, 0) is 5.75 Å². The Hall–Kier alpha value is -2.27. The van der Waals surface area contributed by atoms with Crippen molar-refractivity contribution >= 4 is 17.8 Å². The molecule has 1 atom stereocenters. The van der Waals surface area contributed by atoms with Crippen LogP contribution in [0.3, 0.4) is 0 Å². The van der Waals surface area contributed by atoms with Crippen LogP contribution in [0.5, 0.6) is 5.75 Å². The number of benzene rings is 2. The predicted molar refractivity (Wildman–Crippen MR) is 95.4 cm³/mol. The zero-order valence-electron chi connectivity index (χ0n) is 12.9. The molecule has 0 heterocycles. The third-order valence-corrected chi connectivity index (χ3v) is 4.49. The Morgan fingerprint density at radius 1 is 1.17 bits per heavy atom. The topological polar surface area (TPSA) is 52.4 Å². The third-order valence-electron chi connectivity index (χ3n) is 3.26. The van der Waals surface area contributed by atoms with E-state index in [2.05, 4.69) is 0 Å². The van der Waals surface area contributed by atoms with Crippen molar-refractivity contribution in [2.24, 2.45) is 0 Å². The number of nitro groups is 1. The van der Waals surface area contributed by atoms with Gasteiger partial charge in [-0.05, 0) is 23.3 Å². The van der Waals surface area contributed by atoms with E-state index in [4.69, 9.17) is 4.74 Å². The first kappa shape index (κ1) is 17.1. The van der Waals surface area contributed by atoms with E-state index >= 15 is 0 Å². The van der Waals surface area contributed by atoms with Crippen molar-refractivity contribution in [1.29, 1.82) is 0 Å². The van der Waals surface area contributed by atoms with Crippen molar-refractivity contribution in [3.63, 3.8) is 0 Å². The third kappa shape index (κ3) is 6.16. The molecule has 0 fully saturated rings. The molecule has 2 aromatic carbocycles. The molecule has 0 spiro atoms. The number of methoxy groups -OCH3 is 1. The fraction of sp³-hybridized carbons (Fsp3) is 0.222. The summed E-state index contributed by atoms with van der Waals surface area (Å²) >= 11 is 1.57. The Labute approximate surface area is 140 Å².